The number of aryl methyl sites for hydroxylation is 1. The highest BCUT2D eigenvalue weighted by Crippen LogP contribution is 2.24. The van der Waals surface area contributed by atoms with Gasteiger partial charge in [-0.1, -0.05) is 6.07 Å². The van der Waals surface area contributed by atoms with E-state index < -0.39 is 10.0 Å². The number of aromatic nitrogens is 2. The second-order valence-corrected chi connectivity index (χ2v) is 6.12. The van der Waals surface area contributed by atoms with Gasteiger partial charge in [0.1, 0.15) is 4.90 Å². The number of nitrogens with one attached hydrogen (secondary N) is 1. The van der Waals surface area contributed by atoms with E-state index in [0.29, 0.717) is 4.47 Å². The van der Waals surface area contributed by atoms with Crippen LogP contribution in [0.15, 0.2) is 46.0 Å². The Morgan fingerprint density at radius 3 is 2.50 bits per heavy atom. The van der Waals surface area contributed by atoms with Gasteiger partial charge in [0, 0.05) is 16.9 Å². The first-order valence-electron chi connectivity index (χ1n) is 5.05. The highest BCUT2D eigenvalue weighted by Gasteiger charge is 2.18. The molecule has 1 aromatic carbocycles. The van der Waals surface area contributed by atoms with Crippen LogP contribution in [0.4, 0.5) is 5.95 Å². The summed E-state index contributed by atoms with van der Waals surface area (Å²) in [5.74, 6) is 0.0463. The van der Waals surface area contributed by atoms with Crippen LogP contribution in [-0.4, -0.2) is 18.4 Å². The summed E-state index contributed by atoms with van der Waals surface area (Å²) in [7, 11) is -3.68. The lowest BCUT2D eigenvalue weighted by atomic mass is 10.2. The lowest BCUT2D eigenvalue weighted by Crippen LogP contribution is -2.15. The molecule has 0 aliphatic rings. The molecule has 0 unspecified atom stereocenters. The summed E-state index contributed by atoms with van der Waals surface area (Å²) in [5.41, 5.74) is 0.969. The standard InChI is InChI=1S/C11H10BrN3O2S/c1-8-3-4-10(9(12)7-8)18(16,17)15-11-13-5-2-6-14-11/h2-7H,1H3,(H,13,14,15). The van der Waals surface area contributed by atoms with Crippen LogP contribution in [0.5, 0.6) is 0 Å². The zero-order valence-electron chi connectivity index (χ0n) is 9.46. The van der Waals surface area contributed by atoms with Crippen molar-refractivity contribution in [2.24, 2.45) is 0 Å². The second kappa shape index (κ2) is 5.03. The van der Waals surface area contributed by atoms with Crippen molar-refractivity contribution in [3.8, 4) is 0 Å². The van der Waals surface area contributed by atoms with E-state index in [2.05, 4.69) is 30.6 Å². The van der Waals surface area contributed by atoms with Crippen LogP contribution < -0.4 is 4.72 Å². The van der Waals surface area contributed by atoms with E-state index in [1.54, 1.807) is 18.2 Å². The molecule has 2 aromatic rings. The van der Waals surface area contributed by atoms with E-state index in [9.17, 15) is 8.42 Å². The fraction of sp³-hybridized carbons (Fsp3) is 0.0909. The first-order chi connectivity index (χ1) is 8.49. The number of rotatable bonds is 3. The molecule has 94 valence electrons. The van der Waals surface area contributed by atoms with Crippen LogP contribution >= 0.6 is 15.9 Å². The summed E-state index contributed by atoms with van der Waals surface area (Å²) in [6.45, 7) is 1.88. The van der Waals surface area contributed by atoms with Crippen molar-refractivity contribution >= 4 is 31.9 Å². The molecule has 7 heteroatoms. The van der Waals surface area contributed by atoms with Crippen molar-refractivity contribution in [2.75, 3.05) is 4.72 Å². The molecule has 0 saturated heterocycles. The molecule has 1 aromatic heterocycles. The monoisotopic (exact) mass is 327 g/mol. The van der Waals surface area contributed by atoms with Gasteiger partial charge in [-0.2, -0.15) is 0 Å². The van der Waals surface area contributed by atoms with Gasteiger partial charge in [-0.3, -0.25) is 0 Å². The average molecular weight is 328 g/mol. The maximum Gasteiger partial charge on any atom is 0.265 e. The van der Waals surface area contributed by atoms with Crippen molar-refractivity contribution < 1.29 is 8.42 Å². The predicted octanol–water partition coefficient (Wildman–Crippen LogP) is 2.35. The van der Waals surface area contributed by atoms with Gasteiger partial charge in [0.25, 0.3) is 10.0 Å². The fourth-order valence-corrected chi connectivity index (χ4v) is 3.50. The third kappa shape index (κ3) is 2.85. The largest absolute Gasteiger partial charge is 0.265 e. The van der Waals surface area contributed by atoms with Gasteiger partial charge >= 0.3 is 0 Å². The van der Waals surface area contributed by atoms with Crippen molar-refractivity contribution in [1.82, 2.24) is 9.97 Å². The van der Waals surface area contributed by atoms with Crippen LogP contribution in [0.2, 0.25) is 0 Å². The Kier molecular flexibility index (Phi) is 3.63. The van der Waals surface area contributed by atoms with Gasteiger partial charge in [-0.25, -0.2) is 23.1 Å². The molecule has 1 heterocycles. The van der Waals surface area contributed by atoms with Crippen molar-refractivity contribution in [2.45, 2.75) is 11.8 Å². The molecule has 0 bridgehead atoms. The Hall–Kier alpha value is -1.47. The summed E-state index contributed by atoms with van der Waals surface area (Å²) in [5, 5.41) is 0. The number of nitrogens with zero attached hydrogens (tertiary/aromatic N) is 2. The van der Waals surface area contributed by atoms with Gasteiger partial charge in [0.15, 0.2) is 0 Å². The third-order valence-corrected chi connectivity index (χ3v) is 4.47. The molecule has 1 N–H and O–H groups in total. The maximum absolute atomic E-state index is 12.1. The number of hydrogen-bond acceptors (Lipinski definition) is 4. The number of anilines is 1. The Labute approximate surface area is 113 Å². The zero-order valence-corrected chi connectivity index (χ0v) is 11.9. The summed E-state index contributed by atoms with van der Waals surface area (Å²) >= 11 is 3.24. The number of benzene rings is 1. The second-order valence-electron chi connectivity index (χ2n) is 3.61. The Balaban J connectivity index is 2.37. The van der Waals surface area contributed by atoms with Gasteiger partial charge in [0.05, 0.1) is 0 Å². The van der Waals surface area contributed by atoms with Crippen LogP contribution in [-0.2, 0) is 10.0 Å². The number of halogens is 1. The summed E-state index contributed by atoms with van der Waals surface area (Å²) in [6, 6.07) is 6.61. The predicted molar refractivity (Wildman–Crippen MR) is 71.7 cm³/mol. The van der Waals surface area contributed by atoms with Crippen molar-refractivity contribution in [1.29, 1.82) is 0 Å². The van der Waals surface area contributed by atoms with Crippen molar-refractivity contribution in [3.05, 3.63) is 46.7 Å². The minimum absolute atomic E-state index is 0.0463. The van der Waals surface area contributed by atoms with Crippen molar-refractivity contribution in [3.63, 3.8) is 0 Å². The minimum Gasteiger partial charge on any atom is -0.247 e. The van der Waals surface area contributed by atoms with Gasteiger partial charge in [-0.15, -0.1) is 0 Å². The summed E-state index contributed by atoms with van der Waals surface area (Å²) in [4.78, 5) is 7.79. The molecular weight excluding hydrogens is 318 g/mol. The first kappa shape index (κ1) is 13.0. The molecule has 0 saturated carbocycles. The molecule has 0 aliphatic heterocycles. The SMILES string of the molecule is Cc1ccc(S(=O)(=O)Nc2ncccn2)c(Br)c1. The highest BCUT2D eigenvalue weighted by molar-refractivity contribution is 9.10. The quantitative estimate of drug-likeness (QED) is 0.939. The maximum atomic E-state index is 12.1. The van der Waals surface area contributed by atoms with E-state index in [4.69, 9.17) is 0 Å². The molecule has 0 fully saturated rings. The fourth-order valence-electron chi connectivity index (χ4n) is 1.35. The molecule has 2 rings (SSSR count). The van der Waals surface area contributed by atoms with Gasteiger partial charge < -0.3 is 0 Å². The Bertz CT molecular complexity index is 659. The van der Waals surface area contributed by atoms with Gasteiger partial charge in [-0.05, 0) is 46.6 Å². The molecule has 0 amide bonds. The van der Waals surface area contributed by atoms with Gasteiger partial charge in [0.2, 0.25) is 5.95 Å². The molecular formula is C11H10BrN3O2S. The zero-order chi connectivity index (χ0) is 13.2. The Morgan fingerprint density at radius 1 is 1.22 bits per heavy atom. The summed E-state index contributed by atoms with van der Waals surface area (Å²) in [6.07, 6.45) is 2.93. The normalized spacial score (nSPS) is 11.2. The number of sulfonamides is 1. The average Bonchev–Trinajstić information content (AvgIpc) is 2.29. The van der Waals surface area contributed by atoms with Crippen LogP contribution in [0, 0.1) is 6.92 Å². The number of hydrogen-bond donors (Lipinski definition) is 1. The molecule has 0 spiro atoms. The molecule has 0 atom stereocenters. The smallest absolute Gasteiger partial charge is 0.247 e. The van der Waals surface area contributed by atoms with E-state index >= 15 is 0 Å². The van der Waals surface area contributed by atoms with E-state index in [-0.39, 0.29) is 10.8 Å². The van der Waals surface area contributed by atoms with E-state index in [0.717, 1.165) is 5.56 Å². The first-order valence-corrected chi connectivity index (χ1v) is 7.33. The molecule has 5 nitrogen and oxygen atoms in total. The van der Waals surface area contributed by atoms with Crippen LogP contribution in [0.25, 0.3) is 0 Å². The molecule has 0 aliphatic carbocycles. The summed E-state index contributed by atoms with van der Waals surface area (Å²) < 4.78 is 27.0. The highest BCUT2D eigenvalue weighted by atomic mass is 79.9. The minimum atomic E-state index is -3.68. The van der Waals surface area contributed by atoms with E-state index in [1.165, 1.54) is 18.5 Å². The molecule has 18 heavy (non-hydrogen) atoms. The van der Waals surface area contributed by atoms with Crippen LogP contribution in [0.1, 0.15) is 5.56 Å². The molecule has 0 radical (unpaired) electrons. The Morgan fingerprint density at radius 2 is 1.89 bits per heavy atom. The van der Waals surface area contributed by atoms with E-state index in [1.807, 2.05) is 6.92 Å². The third-order valence-electron chi connectivity index (χ3n) is 2.17. The lowest BCUT2D eigenvalue weighted by molar-refractivity contribution is 0.600. The van der Waals surface area contributed by atoms with Crippen LogP contribution in [0.3, 0.4) is 0 Å². The lowest BCUT2D eigenvalue weighted by Gasteiger charge is -2.08. The topological polar surface area (TPSA) is 72.0 Å².